The summed E-state index contributed by atoms with van der Waals surface area (Å²) in [5, 5.41) is 12.4. The minimum absolute atomic E-state index is 0.0419. The lowest BCUT2D eigenvalue weighted by Gasteiger charge is -2.15. The molecule has 0 spiro atoms. The van der Waals surface area contributed by atoms with Gasteiger partial charge >= 0.3 is 5.97 Å². The number of aldehydes is 1. The van der Waals surface area contributed by atoms with Crippen LogP contribution in [0.15, 0.2) is 72.8 Å². The van der Waals surface area contributed by atoms with E-state index in [4.69, 9.17) is 30.9 Å². The van der Waals surface area contributed by atoms with Crippen molar-refractivity contribution in [2.45, 2.75) is 26.9 Å². The molecule has 0 radical (unpaired) electrons. The Hall–Kier alpha value is -6.58. The maximum atomic E-state index is 13.5. The summed E-state index contributed by atoms with van der Waals surface area (Å²) in [4.78, 5) is 61.4. The lowest BCUT2D eigenvalue weighted by atomic mass is 10.1. The number of aromatic nitrogens is 4. The van der Waals surface area contributed by atoms with E-state index in [9.17, 15) is 24.3 Å². The van der Waals surface area contributed by atoms with Gasteiger partial charge in [-0.1, -0.05) is 12.1 Å². The van der Waals surface area contributed by atoms with Crippen LogP contribution in [0, 0.1) is 0 Å². The Morgan fingerprint density at radius 1 is 0.764 bits per heavy atom. The number of aryl methyl sites for hydroxylation is 2. The minimum Gasteiger partial charge on any atom is -0.507 e. The van der Waals surface area contributed by atoms with E-state index in [1.807, 2.05) is 34.3 Å². The smallest absolute Gasteiger partial charge is 0.349 e. The number of benzene rings is 4. The number of esters is 1. The summed E-state index contributed by atoms with van der Waals surface area (Å²) in [6.07, 6.45) is 0.803. The fourth-order valence-electron chi connectivity index (χ4n) is 7.00. The van der Waals surface area contributed by atoms with Crippen molar-refractivity contribution in [2.75, 3.05) is 13.2 Å². The summed E-state index contributed by atoms with van der Waals surface area (Å²) in [6.45, 7) is 4.60. The molecule has 8 rings (SSSR count). The molecule has 0 unspecified atom stereocenters. The molecule has 0 saturated heterocycles. The van der Waals surface area contributed by atoms with E-state index in [1.54, 1.807) is 61.5 Å². The first kappa shape index (κ1) is 35.4. The van der Waals surface area contributed by atoms with Gasteiger partial charge in [-0.05, 0) is 74.5 Å². The van der Waals surface area contributed by atoms with Gasteiger partial charge in [-0.15, -0.1) is 22.7 Å². The number of primary amides is 2. The molecule has 4 aromatic heterocycles. The van der Waals surface area contributed by atoms with Crippen molar-refractivity contribution in [1.82, 2.24) is 19.1 Å². The first-order chi connectivity index (χ1) is 26.6. The highest BCUT2D eigenvalue weighted by Gasteiger charge is 2.29. The first-order valence-electron chi connectivity index (χ1n) is 17.3. The quantitative estimate of drug-likeness (QED) is 0.0854. The Labute approximate surface area is 320 Å². The zero-order chi connectivity index (χ0) is 38.5. The van der Waals surface area contributed by atoms with Crippen LogP contribution in [0.25, 0.3) is 65.0 Å². The number of imidazole rings is 2. The van der Waals surface area contributed by atoms with Crippen molar-refractivity contribution in [3.63, 3.8) is 0 Å². The molecule has 5 N–H and O–H groups in total. The molecule has 15 heteroatoms. The number of carbonyl (C=O) groups excluding carboxylic acids is 4. The molecular weight excluding hydrogens is 741 g/mol. The summed E-state index contributed by atoms with van der Waals surface area (Å²) in [7, 11) is 0. The molecule has 13 nitrogen and oxygen atoms in total. The van der Waals surface area contributed by atoms with Crippen LogP contribution in [-0.2, 0) is 17.8 Å². The standard InChI is InChI=1S/C40H32N6O7S2/c1-3-52-27-8-6-10-29-32(27)33(30(19-47)54-29)38-43-22-17-20(36(41)49)11-13-24(22)45(38)15-16-46-25-14-12-21(37(42)50)18-23(25)44-39(46)34-31-26(48)7-5-9-28(31)55-35(34)40(51)53-4-2/h5-14,17-19,48H,3-4,15-16H2,1-2H3,(H2,41,49)(H2,42,50). The van der Waals surface area contributed by atoms with Gasteiger partial charge in [-0.2, -0.15) is 0 Å². The fourth-order valence-corrected chi connectivity index (χ4v) is 9.15. The number of hydrogen-bond donors (Lipinski definition) is 3. The number of hydrogen-bond acceptors (Lipinski definition) is 11. The average Bonchev–Trinajstić information content (AvgIpc) is 3.93. The maximum absolute atomic E-state index is 13.5. The average molecular weight is 773 g/mol. The number of rotatable bonds is 12. The van der Waals surface area contributed by atoms with Crippen LogP contribution in [0.1, 0.15) is 53.9 Å². The zero-order valence-corrected chi connectivity index (χ0v) is 31.1. The van der Waals surface area contributed by atoms with Crippen molar-refractivity contribution in [3.05, 3.63) is 93.7 Å². The van der Waals surface area contributed by atoms with Gasteiger partial charge in [0, 0.05) is 44.4 Å². The van der Waals surface area contributed by atoms with E-state index in [-0.39, 0.29) is 41.4 Å². The Kier molecular flexibility index (Phi) is 9.03. The molecule has 55 heavy (non-hydrogen) atoms. The Bertz CT molecular complexity index is 2880. The maximum Gasteiger partial charge on any atom is 0.349 e. The molecule has 0 fully saturated rings. The largest absolute Gasteiger partial charge is 0.507 e. The van der Waals surface area contributed by atoms with Crippen molar-refractivity contribution < 1.29 is 33.8 Å². The third-order valence-electron chi connectivity index (χ3n) is 9.33. The second-order valence-electron chi connectivity index (χ2n) is 12.5. The highest BCUT2D eigenvalue weighted by Crippen LogP contribution is 2.45. The molecule has 4 aromatic carbocycles. The Balaban J connectivity index is 1.38. The van der Waals surface area contributed by atoms with Crippen molar-refractivity contribution in [1.29, 1.82) is 0 Å². The second kappa shape index (κ2) is 14.0. The minimum atomic E-state index is -0.630. The number of amides is 2. The second-order valence-corrected chi connectivity index (χ2v) is 14.6. The number of fused-ring (bicyclic) bond motifs is 4. The summed E-state index contributed by atoms with van der Waals surface area (Å²) in [5.74, 6) is -0.445. The lowest BCUT2D eigenvalue weighted by Crippen LogP contribution is -2.12. The lowest BCUT2D eigenvalue weighted by molar-refractivity contribution is 0.0532. The van der Waals surface area contributed by atoms with Crippen LogP contribution in [0.4, 0.5) is 0 Å². The highest BCUT2D eigenvalue weighted by molar-refractivity contribution is 7.21. The third kappa shape index (κ3) is 5.93. The molecule has 2 amide bonds. The number of nitrogens with two attached hydrogens (primary N) is 2. The molecule has 0 bridgehead atoms. The third-order valence-corrected chi connectivity index (χ3v) is 11.5. The normalized spacial score (nSPS) is 11.5. The van der Waals surface area contributed by atoms with Crippen molar-refractivity contribution in [2.24, 2.45) is 11.5 Å². The molecule has 4 heterocycles. The van der Waals surface area contributed by atoms with Crippen LogP contribution >= 0.6 is 22.7 Å². The SMILES string of the molecule is CCOC(=O)c1sc2cccc(O)c2c1-c1nc2cc(C(N)=O)ccc2n1CCn1c(-c2c(C=O)sc3cccc(OCC)c23)nc2cc(C(N)=O)ccc21. The monoisotopic (exact) mass is 772 g/mol. The molecule has 276 valence electrons. The number of phenolic OH excluding ortho intramolecular Hbond substituents is 1. The number of thiophene rings is 2. The number of nitrogens with zero attached hydrogens (tertiary/aromatic N) is 4. The van der Waals surface area contributed by atoms with Crippen LogP contribution in [0.2, 0.25) is 0 Å². The summed E-state index contributed by atoms with van der Waals surface area (Å²) >= 11 is 2.50. The van der Waals surface area contributed by atoms with Crippen LogP contribution in [0.5, 0.6) is 11.5 Å². The van der Waals surface area contributed by atoms with Crippen LogP contribution in [-0.4, -0.2) is 61.5 Å². The molecule has 0 aliphatic carbocycles. The molecule has 8 aromatic rings. The van der Waals surface area contributed by atoms with Gasteiger partial charge in [0.05, 0.1) is 51.3 Å². The molecule has 0 aliphatic rings. The Morgan fingerprint density at radius 3 is 1.91 bits per heavy atom. The summed E-state index contributed by atoms with van der Waals surface area (Å²) < 4.78 is 16.9. The van der Waals surface area contributed by atoms with Crippen molar-refractivity contribution in [3.8, 4) is 34.3 Å². The predicted molar refractivity (Wildman–Crippen MR) is 212 cm³/mol. The van der Waals surface area contributed by atoms with E-state index in [0.717, 1.165) is 16.4 Å². The molecule has 0 atom stereocenters. The van der Waals surface area contributed by atoms with Gasteiger partial charge in [0.15, 0.2) is 6.29 Å². The fraction of sp³-hybridized carbons (Fsp3) is 0.150. The van der Waals surface area contributed by atoms with Crippen LogP contribution in [0.3, 0.4) is 0 Å². The Morgan fingerprint density at radius 2 is 1.35 bits per heavy atom. The molecule has 0 saturated carbocycles. The van der Waals surface area contributed by atoms with Gasteiger partial charge in [0.1, 0.15) is 28.0 Å². The van der Waals surface area contributed by atoms with E-state index >= 15 is 0 Å². The predicted octanol–water partition coefficient (Wildman–Crippen LogP) is 7.14. The van der Waals surface area contributed by atoms with E-state index in [1.165, 1.54) is 22.7 Å². The number of phenols is 1. The van der Waals surface area contributed by atoms with Gasteiger partial charge in [0.25, 0.3) is 0 Å². The summed E-state index contributed by atoms with van der Waals surface area (Å²) in [6, 6.07) is 20.6. The van der Waals surface area contributed by atoms with Crippen LogP contribution < -0.4 is 16.2 Å². The summed E-state index contributed by atoms with van der Waals surface area (Å²) in [5.41, 5.74) is 15.0. The number of carbonyl (C=O) groups is 4. The van der Waals surface area contributed by atoms with Gasteiger partial charge in [0.2, 0.25) is 11.8 Å². The topological polar surface area (TPSA) is 195 Å². The first-order valence-corrected chi connectivity index (χ1v) is 18.9. The van der Waals surface area contributed by atoms with Gasteiger partial charge in [-0.3, -0.25) is 14.4 Å². The number of ether oxygens (including phenoxy) is 2. The molecule has 0 aliphatic heterocycles. The molecular formula is C40H32N6O7S2. The zero-order valence-electron chi connectivity index (χ0n) is 29.5. The van der Waals surface area contributed by atoms with E-state index in [0.29, 0.717) is 72.2 Å². The van der Waals surface area contributed by atoms with E-state index < -0.39 is 17.8 Å². The van der Waals surface area contributed by atoms with Gasteiger partial charge < -0.3 is 35.2 Å². The van der Waals surface area contributed by atoms with Gasteiger partial charge in [-0.25, -0.2) is 14.8 Å². The van der Waals surface area contributed by atoms with E-state index in [2.05, 4.69) is 0 Å². The van der Waals surface area contributed by atoms with Crippen molar-refractivity contribution >= 4 is 89.0 Å². The number of aromatic hydroxyl groups is 1. The highest BCUT2D eigenvalue weighted by atomic mass is 32.1.